The summed E-state index contributed by atoms with van der Waals surface area (Å²) in [7, 11) is 3.18. The van der Waals surface area contributed by atoms with Gasteiger partial charge in [-0.2, -0.15) is 0 Å². The lowest BCUT2D eigenvalue weighted by molar-refractivity contribution is -0.141. The summed E-state index contributed by atoms with van der Waals surface area (Å²) < 4.78 is 13.2. The zero-order chi connectivity index (χ0) is 57.7. The number of hydrogen-bond acceptors (Lipinski definition) is 17. The lowest BCUT2D eigenvalue weighted by atomic mass is 10.0. The number of likely N-dealkylation sites (N-methyl/N-ethyl adjacent to an activating group) is 1. The van der Waals surface area contributed by atoms with E-state index in [0.717, 1.165) is 33.3 Å². The number of nitrogens with one attached hydrogen (secondary N) is 10. The van der Waals surface area contributed by atoms with Gasteiger partial charge in [-0.1, -0.05) is 69.2 Å². The normalized spacial score (nSPS) is 22.5. The molecule has 0 spiro atoms. The first-order valence-corrected chi connectivity index (χ1v) is 28.4. The lowest BCUT2D eigenvalue weighted by Crippen LogP contribution is -2.60. The van der Waals surface area contributed by atoms with Crippen molar-refractivity contribution in [3.05, 3.63) is 71.5 Å². The van der Waals surface area contributed by atoms with Crippen molar-refractivity contribution in [1.29, 1.82) is 0 Å². The molecule has 0 aliphatic carbocycles. The highest BCUT2D eigenvalue weighted by Gasteiger charge is 2.35. The molecule has 10 amide bonds. The van der Waals surface area contributed by atoms with Crippen LogP contribution in [0.25, 0.3) is 0 Å². The standard InChI is InChI=1S/C48H65FN14O13S3/c1-52-41(69)34-23-77-26-39(66)57-31(10-5-6-16-53-38(65)22-76-56-20-28-12-14-29(49)15-13-28)43(71)62-35-24-78-79-25-36(47(75)60-32(44(72)61-34)18-27-8-3-2-4-9-27)63-45(73)33(19-40(67)68)58-37(64)21-55-42(70)30(59-46(35)74)11-7-17-54-48(50)51/h2-4,8-9,12-15,20,30-36H,5-7,10-11,16-19,21-26H2,1H3,(H,52,69)(H,53,65)(H,55,70)(H,57,66)(H,58,64)(H,59,74)(H,60,75)(H,61,72)(H,62,71)(H,63,73)(H,67,68)(H4,50,51,54)/t30-,31-,32-,33-,34-,35-,36-/m0/s1. The summed E-state index contributed by atoms with van der Waals surface area (Å²) in [5, 5.41) is 38.8. The molecule has 2 aromatic rings. The minimum atomic E-state index is -1.79. The van der Waals surface area contributed by atoms with Crippen LogP contribution in [0.15, 0.2) is 64.7 Å². The molecule has 0 unspecified atom stereocenters. The zero-order valence-electron chi connectivity index (χ0n) is 42.9. The van der Waals surface area contributed by atoms with Crippen molar-refractivity contribution in [3.63, 3.8) is 0 Å². The van der Waals surface area contributed by atoms with Gasteiger partial charge in [-0.3, -0.25) is 57.7 Å². The molecule has 7 atom stereocenters. The second-order valence-corrected chi connectivity index (χ2v) is 21.2. The average molecular weight is 1160 g/mol. The number of unbranched alkanes of at least 4 members (excludes halogenated alkanes) is 1. The molecule has 2 bridgehead atoms. The van der Waals surface area contributed by atoms with E-state index in [1.807, 2.05) is 0 Å². The number of fused-ring (bicyclic) bond motifs is 5. The van der Waals surface area contributed by atoms with Gasteiger partial charge in [-0.15, -0.1) is 11.8 Å². The Balaban J connectivity index is 1.68. The first-order chi connectivity index (χ1) is 37.8. The van der Waals surface area contributed by atoms with Crippen molar-refractivity contribution in [2.45, 2.75) is 87.2 Å². The van der Waals surface area contributed by atoms with Crippen LogP contribution in [0.4, 0.5) is 4.39 Å². The molecule has 0 saturated carbocycles. The number of amides is 10. The molecule has 2 aliphatic rings. The van der Waals surface area contributed by atoms with Crippen molar-refractivity contribution in [3.8, 4) is 0 Å². The van der Waals surface area contributed by atoms with Crippen LogP contribution in [0.2, 0.25) is 0 Å². The Morgan fingerprint density at radius 3 is 1.97 bits per heavy atom. The fraction of sp³-hybridized carbons (Fsp3) is 0.479. The minimum Gasteiger partial charge on any atom is -0.481 e. The first-order valence-electron chi connectivity index (χ1n) is 24.7. The van der Waals surface area contributed by atoms with E-state index in [9.17, 15) is 62.2 Å². The topological polar surface area (TPSA) is 414 Å². The smallest absolute Gasteiger partial charge is 0.305 e. The number of oxime groups is 1. The summed E-state index contributed by atoms with van der Waals surface area (Å²) in [4.78, 5) is 158. The molecule has 79 heavy (non-hydrogen) atoms. The van der Waals surface area contributed by atoms with Gasteiger partial charge < -0.3 is 74.6 Å². The summed E-state index contributed by atoms with van der Waals surface area (Å²) >= 11 is 0.924. The highest BCUT2D eigenvalue weighted by atomic mass is 33.1. The van der Waals surface area contributed by atoms with E-state index in [1.165, 1.54) is 37.5 Å². The van der Waals surface area contributed by atoms with Crippen LogP contribution in [-0.2, 0) is 64.0 Å². The Morgan fingerprint density at radius 2 is 1.33 bits per heavy atom. The fourth-order valence-corrected chi connectivity index (χ4v) is 10.5. The minimum absolute atomic E-state index is 0.0184. The largest absolute Gasteiger partial charge is 0.481 e. The van der Waals surface area contributed by atoms with Crippen molar-refractivity contribution in [2.24, 2.45) is 21.6 Å². The Bertz CT molecular complexity index is 2510. The second kappa shape index (κ2) is 34.3. The van der Waals surface area contributed by atoms with Crippen LogP contribution in [-0.4, -0.2) is 181 Å². The molecular weight excluding hydrogens is 1100 g/mol. The SMILES string of the molecule is CNC(=O)[C@@H]1CSCC(=O)N[C@@H](CCCCNC(=O)CON=Cc2ccc(F)cc2)C(=O)N[C@H]2CSSC[C@H](NC(=O)[C@H](CC(=O)O)NC(=O)CNC(=O)[C@H](CCCN=C(N)N)NC2=O)C(=O)N[C@@H](Cc2ccccc2)C(=O)N1. The molecule has 0 aromatic heterocycles. The number of carbonyl (C=O) groups is 11. The van der Waals surface area contributed by atoms with E-state index >= 15 is 0 Å². The Labute approximate surface area is 465 Å². The average Bonchev–Trinajstić information content (AvgIpc) is 3.41. The highest BCUT2D eigenvalue weighted by molar-refractivity contribution is 8.76. The van der Waals surface area contributed by atoms with Crippen LogP contribution in [0.1, 0.15) is 49.7 Å². The van der Waals surface area contributed by atoms with Gasteiger partial charge in [-0.25, -0.2) is 4.39 Å². The number of carboxylic acids is 1. The summed E-state index contributed by atoms with van der Waals surface area (Å²) in [6.45, 7) is -1.15. The van der Waals surface area contributed by atoms with Crippen LogP contribution < -0.4 is 64.6 Å². The number of thioether (sulfide) groups is 1. The Kier molecular flexibility index (Phi) is 27.7. The van der Waals surface area contributed by atoms with Crippen molar-refractivity contribution < 1.29 is 67.1 Å². The van der Waals surface area contributed by atoms with E-state index in [-0.39, 0.29) is 80.6 Å². The number of guanidine groups is 1. The third-order valence-electron chi connectivity index (χ3n) is 11.4. The molecule has 2 fully saturated rings. The van der Waals surface area contributed by atoms with E-state index in [4.69, 9.17) is 16.3 Å². The molecule has 27 nitrogen and oxygen atoms in total. The third kappa shape index (κ3) is 24.3. The number of hydrogen-bond donors (Lipinski definition) is 13. The molecule has 2 heterocycles. The van der Waals surface area contributed by atoms with Crippen molar-refractivity contribution in [2.75, 3.05) is 56.3 Å². The van der Waals surface area contributed by atoms with Crippen LogP contribution in [0.3, 0.4) is 0 Å². The number of halogens is 1. The van der Waals surface area contributed by atoms with Gasteiger partial charge in [0.15, 0.2) is 12.6 Å². The van der Waals surface area contributed by atoms with Gasteiger partial charge in [0.25, 0.3) is 5.91 Å². The van der Waals surface area contributed by atoms with Crippen LogP contribution in [0.5, 0.6) is 0 Å². The van der Waals surface area contributed by atoms with Crippen LogP contribution >= 0.6 is 33.3 Å². The number of carboxylic acid groups (broad SMARTS) is 1. The lowest BCUT2D eigenvalue weighted by Gasteiger charge is -2.27. The first kappa shape index (κ1) is 63.9. The van der Waals surface area contributed by atoms with Gasteiger partial charge in [0.05, 0.1) is 24.9 Å². The van der Waals surface area contributed by atoms with E-state index in [2.05, 4.69) is 63.3 Å². The molecule has 31 heteroatoms. The second-order valence-electron chi connectivity index (χ2n) is 17.6. The molecule has 430 valence electrons. The number of rotatable bonds is 18. The molecule has 4 rings (SSSR count). The van der Waals surface area contributed by atoms with E-state index < -0.39 is 133 Å². The quantitative estimate of drug-likeness (QED) is 0.0228. The fourth-order valence-electron chi connectivity index (χ4n) is 7.34. The summed E-state index contributed by atoms with van der Waals surface area (Å²) in [6.07, 6.45) is 0.696. The number of nitrogens with zero attached hydrogens (tertiary/aromatic N) is 2. The van der Waals surface area contributed by atoms with Gasteiger partial charge >= 0.3 is 5.97 Å². The maximum absolute atomic E-state index is 14.4. The number of aliphatic carboxylic acids is 1. The summed E-state index contributed by atoms with van der Waals surface area (Å²) in [5.41, 5.74) is 12.0. The molecule has 2 aromatic carbocycles. The Hall–Kier alpha value is -7.67. The van der Waals surface area contributed by atoms with Crippen molar-refractivity contribution in [1.82, 2.24) is 53.2 Å². The number of benzene rings is 2. The maximum atomic E-state index is 14.4. The molecule has 15 N–H and O–H groups in total. The maximum Gasteiger partial charge on any atom is 0.305 e. The highest BCUT2D eigenvalue weighted by Crippen LogP contribution is 2.24. The van der Waals surface area contributed by atoms with E-state index in [0.29, 0.717) is 11.1 Å². The zero-order valence-corrected chi connectivity index (χ0v) is 45.4. The molecule has 2 aliphatic heterocycles. The van der Waals surface area contributed by atoms with E-state index in [1.54, 1.807) is 30.3 Å². The number of aliphatic imine (C=N–C) groups is 1. The van der Waals surface area contributed by atoms with Gasteiger partial charge in [0.2, 0.25) is 53.2 Å². The van der Waals surface area contributed by atoms with Gasteiger partial charge in [-0.05, 0) is 55.4 Å². The monoisotopic (exact) mass is 1160 g/mol. The molecule has 0 radical (unpaired) electrons. The predicted octanol–water partition coefficient (Wildman–Crippen LogP) is -3.37. The molecular formula is C48H65FN14O13S3. The van der Waals surface area contributed by atoms with Gasteiger partial charge in [0, 0.05) is 43.8 Å². The number of carbonyl (C=O) groups excluding carboxylic acids is 10. The predicted molar refractivity (Wildman–Crippen MR) is 292 cm³/mol. The number of nitrogens with two attached hydrogens (primary N) is 2. The summed E-state index contributed by atoms with van der Waals surface area (Å²) in [6, 6.07) is 3.67. The van der Waals surface area contributed by atoms with Gasteiger partial charge in [0.1, 0.15) is 48.1 Å². The van der Waals surface area contributed by atoms with Crippen LogP contribution in [0, 0.1) is 5.82 Å². The molecule has 2 saturated heterocycles. The Morgan fingerprint density at radius 1 is 0.722 bits per heavy atom. The summed E-state index contributed by atoms with van der Waals surface area (Å²) in [5.74, 6) is -11.8. The van der Waals surface area contributed by atoms with Crippen molar-refractivity contribution >= 4 is 111 Å². The third-order valence-corrected chi connectivity index (χ3v) is 14.9.